The molecule has 5 nitrogen and oxygen atoms in total. The van der Waals surface area contributed by atoms with Crippen molar-refractivity contribution in [1.82, 2.24) is 0 Å². The van der Waals surface area contributed by atoms with Gasteiger partial charge >= 0.3 is 5.97 Å². The van der Waals surface area contributed by atoms with Crippen molar-refractivity contribution in [2.45, 2.75) is 71.7 Å². The van der Waals surface area contributed by atoms with E-state index in [1.165, 1.54) is 5.56 Å². The van der Waals surface area contributed by atoms with Gasteiger partial charge in [-0.25, -0.2) is 4.79 Å². The first-order chi connectivity index (χ1) is 15.6. The normalized spacial score (nSPS) is 12.8. The fourth-order valence-corrected chi connectivity index (χ4v) is 4.07. The maximum atomic E-state index is 12.0. The summed E-state index contributed by atoms with van der Waals surface area (Å²) >= 11 is 0. The Morgan fingerprint density at radius 2 is 1.45 bits per heavy atom. The summed E-state index contributed by atoms with van der Waals surface area (Å²) in [5, 5.41) is 0.178. The zero-order valence-electron chi connectivity index (χ0n) is 21.3. The molecule has 0 heterocycles. The maximum Gasteiger partial charge on any atom is 0.335 e. The Hall–Kier alpha value is -2.31. The molecular weight excluding hydrogens is 432 g/mol. The molecule has 1 atom stereocenters. The van der Waals surface area contributed by atoms with Crippen LogP contribution in [0.2, 0.25) is 18.1 Å². The topological polar surface area (TPSA) is 54.0 Å². The van der Waals surface area contributed by atoms with Gasteiger partial charge in [-0.1, -0.05) is 45.0 Å². The molecule has 33 heavy (non-hydrogen) atoms. The van der Waals surface area contributed by atoms with E-state index in [0.29, 0.717) is 26.2 Å². The lowest BCUT2D eigenvalue weighted by Gasteiger charge is -2.36. The molecule has 2 aromatic rings. The lowest BCUT2D eigenvalue weighted by Crippen LogP contribution is -2.43. The minimum atomic E-state index is -1.82. The number of ether oxygens (including phenoxy) is 3. The summed E-state index contributed by atoms with van der Waals surface area (Å²) < 4.78 is 22.9. The zero-order chi connectivity index (χ0) is 24.5. The lowest BCUT2D eigenvalue weighted by atomic mass is 10.1. The van der Waals surface area contributed by atoms with Crippen LogP contribution in [0.1, 0.15) is 45.7 Å². The standard InChI is InChI=1S/C27H40O5Si/c1-8-29-25(26(28)30-9-2)20-22-12-14-23(15-13-22)31-19-18-21-10-16-24(17-11-21)32-33(6,7)27(3,4)5/h10-17,25H,8-9,18-20H2,1-7H3/t25-/m0/s1. The van der Waals surface area contributed by atoms with Crippen molar-refractivity contribution in [2.24, 2.45) is 0 Å². The second-order valence-electron chi connectivity index (χ2n) is 9.65. The first kappa shape index (κ1) is 26.9. The molecule has 0 aliphatic rings. The average molecular weight is 473 g/mol. The van der Waals surface area contributed by atoms with Gasteiger partial charge in [0, 0.05) is 19.4 Å². The molecule has 2 rings (SSSR count). The van der Waals surface area contributed by atoms with E-state index in [2.05, 4.69) is 58.1 Å². The van der Waals surface area contributed by atoms with Gasteiger partial charge < -0.3 is 18.6 Å². The van der Waals surface area contributed by atoms with E-state index in [1.807, 2.05) is 31.2 Å². The molecule has 0 saturated heterocycles. The van der Waals surface area contributed by atoms with Crippen molar-refractivity contribution in [3.63, 3.8) is 0 Å². The molecular formula is C27H40O5Si. The minimum absolute atomic E-state index is 0.178. The molecule has 0 radical (unpaired) electrons. The molecule has 6 heteroatoms. The Morgan fingerprint density at radius 1 is 0.879 bits per heavy atom. The lowest BCUT2D eigenvalue weighted by molar-refractivity contribution is -0.156. The summed E-state index contributed by atoms with van der Waals surface area (Å²) in [5.74, 6) is 1.43. The molecule has 2 aromatic carbocycles. The third-order valence-corrected chi connectivity index (χ3v) is 10.4. The summed E-state index contributed by atoms with van der Waals surface area (Å²) in [6.45, 7) is 16.3. The summed E-state index contributed by atoms with van der Waals surface area (Å²) in [6.07, 6.45) is 0.721. The molecule has 0 amide bonds. The van der Waals surface area contributed by atoms with Crippen LogP contribution in [0.5, 0.6) is 11.5 Å². The van der Waals surface area contributed by atoms with Crippen LogP contribution in [0.4, 0.5) is 0 Å². The molecule has 0 N–H and O–H groups in total. The smallest absolute Gasteiger partial charge is 0.335 e. The molecule has 0 saturated carbocycles. The van der Waals surface area contributed by atoms with E-state index in [1.54, 1.807) is 6.92 Å². The van der Waals surface area contributed by atoms with Crippen LogP contribution in [-0.4, -0.2) is 40.2 Å². The van der Waals surface area contributed by atoms with Gasteiger partial charge in [0.15, 0.2) is 6.10 Å². The average Bonchev–Trinajstić information content (AvgIpc) is 2.75. The fraction of sp³-hybridized carbons (Fsp3) is 0.519. The SMILES string of the molecule is CCOC(=O)[C@H](Cc1ccc(OCCc2ccc(O[Si](C)(C)C(C)(C)C)cc2)cc1)OCC. The molecule has 0 unspecified atom stereocenters. The van der Waals surface area contributed by atoms with Gasteiger partial charge in [-0.05, 0) is 67.4 Å². The largest absolute Gasteiger partial charge is 0.544 e. The highest BCUT2D eigenvalue weighted by Crippen LogP contribution is 2.37. The highest BCUT2D eigenvalue weighted by atomic mass is 28.4. The quantitative estimate of drug-likeness (QED) is 0.272. The van der Waals surface area contributed by atoms with Crippen LogP contribution >= 0.6 is 0 Å². The monoisotopic (exact) mass is 472 g/mol. The van der Waals surface area contributed by atoms with Gasteiger partial charge in [0.05, 0.1) is 13.2 Å². The second kappa shape index (κ2) is 12.2. The van der Waals surface area contributed by atoms with E-state index in [9.17, 15) is 4.79 Å². The Kier molecular flexibility index (Phi) is 9.99. The number of rotatable bonds is 12. The van der Waals surface area contributed by atoms with Crippen LogP contribution in [-0.2, 0) is 27.1 Å². The summed E-state index contributed by atoms with van der Waals surface area (Å²) in [7, 11) is -1.82. The van der Waals surface area contributed by atoms with Crippen molar-refractivity contribution >= 4 is 14.3 Å². The van der Waals surface area contributed by atoms with E-state index in [-0.39, 0.29) is 11.0 Å². The molecule has 0 aliphatic carbocycles. The second-order valence-corrected chi connectivity index (χ2v) is 14.4. The van der Waals surface area contributed by atoms with Gasteiger partial charge in [-0.15, -0.1) is 0 Å². The van der Waals surface area contributed by atoms with Crippen molar-refractivity contribution in [3.05, 3.63) is 59.7 Å². The van der Waals surface area contributed by atoms with Crippen LogP contribution in [0.25, 0.3) is 0 Å². The number of carbonyl (C=O) groups excluding carboxylic acids is 1. The van der Waals surface area contributed by atoms with E-state index < -0.39 is 14.4 Å². The van der Waals surface area contributed by atoms with Gasteiger partial charge in [-0.2, -0.15) is 0 Å². The van der Waals surface area contributed by atoms with E-state index in [4.69, 9.17) is 18.6 Å². The number of benzene rings is 2. The number of carbonyl (C=O) groups is 1. The van der Waals surface area contributed by atoms with E-state index >= 15 is 0 Å². The van der Waals surface area contributed by atoms with Gasteiger partial charge in [0.2, 0.25) is 8.32 Å². The predicted molar refractivity (Wildman–Crippen MR) is 136 cm³/mol. The molecule has 0 spiro atoms. The van der Waals surface area contributed by atoms with Crippen molar-refractivity contribution < 1.29 is 23.4 Å². The summed E-state index contributed by atoms with van der Waals surface area (Å²) in [4.78, 5) is 12.0. The van der Waals surface area contributed by atoms with E-state index in [0.717, 1.165) is 23.5 Å². The Labute approximate surface area is 200 Å². The Morgan fingerprint density at radius 3 is 2.00 bits per heavy atom. The Bertz CT molecular complexity index is 854. The predicted octanol–water partition coefficient (Wildman–Crippen LogP) is 6.20. The molecule has 0 aliphatic heterocycles. The van der Waals surface area contributed by atoms with Crippen LogP contribution in [0.15, 0.2) is 48.5 Å². The van der Waals surface area contributed by atoms with Gasteiger partial charge in [0.25, 0.3) is 0 Å². The number of hydrogen-bond donors (Lipinski definition) is 0. The summed E-state index contributed by atoms with van der Waals surface area (Å²) in [6, 6.07) is 16.1. The first-order valence-corrected chi connectivity index (χ1v) is 14.7. The minimum Gasteiger partial charge on any atom is -0.544 e. The molecule has 0 fully saturated rings. The highest BCUT2D eigenvalue weighted by molar-refractivity contribution is 6.74. The number of hydrogen-bond acceptors (Lipinski definition) is 5. The van der Waals surface area contributed by atoms with Crippen molar-refractivity contribution in [1.29, 1.82) is 0 Å². The van der Waals surface area contributed by atoms with Crippen molar-refractivity contribution in [3.8, 4) is 11.5 Å². The number of esters is 1. The highest BCUT2D eigenvalue weighted by Gasteiger charge is 2.38. The summed E-state index contributed by atoms with van der Waals surface area (Å²) in [5.41, 5.74) is 2.22. The first-order valence-electron chi connectivity index (χ1n) is 11.8. The maximum absolute atomic E-state index is 12.0. The molecule has 0 aromatic heterocycles. The van der Waals surface area contributed by atoms with Crippen LogP contribution in [0.3, 0.4) is 0 Å². The zero-order valence-corrected chi connectivity index (χ0v) is 22.3. The molecule has 0 bridgehead atoms. The third-order valence-electron chi connectivity index (χ3n) is 6.02. The molecule has 182 valence electrons. The third kappa shape index (κ3) is 8.52. The van der Waals surface area contributed by atoms with Gasteiger partial charge in [0.1, 0.15) is 11.5 Å². The Balaban J connectivity index is 1.84. The van der Waals surface area contributed by atoms with Crippen LogP contribution < -0.4 is 9.16 Å². The fourth-order valence-electron chi connectivity index (χ4n) is 3.04. The van der Waals surface area contributed by atoms with Crippen LogP contribution in [0, 0.1) is 0 Å². The van der Waals surface area contributed by atoms with Gasteiger partial charge in [-0.3, -0.25) is 0 Å². The van der Waals surface area contributed by atoms with Crippen molar-refractivity contribution in [2.75, 3.05) is 19.8 Å².